The Morgan fingerprint density at radius 2 is 1.59 bits per heavy atom. The fourth-order valence-electron chi connectivity index (χ4n) is 3.57. The van der Waals surface area contributed by atoms with Gasteiger partial charge in [0.05, 0.1) is 18.8 Å². The van der Waals surface area contributed by atoms with Gasteiger partial charge in [0.25, 0.3) is 0 Å². The number of nitrogens with zero attached hydrogens (tertiary/aromatic N) is 1. The van der Waals surface area contributed by atoms with Crippen LogP contribution in [-0.2, 0) is 9.53 Å². The van der Waals surface area contributed by atoms with Gasteiger partial charge >= 0.3 is 11.6 Å². The van der Waals surface area contributed by atoms with Crippen LogP contribution in [0.3, 0.4) is 0 Å². The number of halogens is 1. The molecular weight excluding hydrogens is 437 g/mol. The second-order valence-corrected chi connectivity index (χ2v) is 8.05. The largest absolute Gasteiger partial charge is 0.478 e. The second kappa shape index (κ2) is 13.3. The molecule has 0 aliphatic rings. The zero-order chi connectivity index (χ0) is 24.2. The molecule has 0 N–H and O–H groups in total. The Bertz CT molecular complexity index is 1140. The van der Waals surface area contributed by atoms with E-state index in [2.05, 4.69) is 11.6 Å². The van der Waals surface area contributed by atoms with Crippen LogP contribution in [0.2, 0.25) is 0 Å². The maximum absolute atomic E-state index is 13.1. The van der Waals surface area contributed by atoms with Crippen molar-refractivity contribution in [2.75, 3.05) is 13.2 Å². The first-order valence-electron chi connectivity index (χ1n) is 11.7. The molecule has 0 aliphatic heterocycles. The number of unbranched alkanes of at least 4 members (excludes halogenated alkanes) is 7. The summed E-state index contributed by atoms with van der Waals surface area (Å²) in [6.45, 7) is 4.37. The number of hydrogen-bond acceptors (Lipinski definition) is 6. The van der Waals surface area contributed by atoms with Gasteiger partial charge in [-0.2, -0.15) is 4.98 Å². The zero-order valence-corrected chi connectivity index (χ0v) is 19.3. The van der Waals surface area contributed by atoms with E-state index in [4.69, 9.17) is 13.9 Å². The molecule has 0 aliphatic carbocycles. The number of fused-ring (bicyclic) bond motifs is 1. The van der Waals surface area contributed by atoms with Gasteiger partial charge in [0.15, 0.2) is 0 Å². The highest BCUT2D eigenvalue weighted by Gasteiger charge is 2.10. The number of carbonyl (C=O) groups excluding carboxylic acids is 1. The molecule has 6 nitrogen and oxygen atoms in total. The summed E-state index contributed by atoms with van der Waals surface area (Å²) in [5.41, 5.74) is 0.639. The molecule has 1 aromatic carbocycles. The Morgan fingerprint density at radius 1 is 0.941 bits per heavy atom. The van der Waals surface area contributed by atoms with Crippen LogP contribution >= 0.6 is 0 Å². The lowest BCUT2D eigenvalue weighted by atomic mass is 10.1. The summed E-state index contributed by atoms with van der Waals surface area (Å²) >= 11 is 0. The van der Waals surface area contributed by atoms with Crippen molar-refractivity contribution in [1.82, 2.24) is 4.98 Å². The summed E-state index contributed by atoms with van der Waals surface area (Å²) in [6, 6.07) is 10.9. The fraction of sp³-hybridized carbons (Fsp3) is 0.370. The number of rotatable bonds is 14. The maximum Gasteiger partial charge on any atom is 0.345 e. The Morgan fingerprint density at radius 3 is 2.26 bits per heavy atom. The number of ether oxygens (including phenoxy) is 2. The normalized spacial score (nSPS) is 10.9. The minimum atomic E-state index is -0.526. The second-order valence-electron chi connectivity index (χ2n) is 8.05. The van der Waals surface area contributed by atoms with E-state index in [1.54, 1.807) is 30.3 Å². The van der Waals surface area contributed by atoms with Crippen LogP contribution in [0, 0.1) is 5.82 Å². The summed E-state index contributed by atoms with van der Waals surface area (Å²) in [7, 11) is 0. The molecule has 0 spiro atoms. The van der Waals surface area contributed by atoms with Gasteiger partial charge in [-0.3, -0.25) is 0 Å². The number of carbonyl (C=O) groups is 1. The molecule has 0 fully saturated rings. The Labute approximate surface area is 198 Å². The predicted molar refractivity (Wildman–Crippen MR) is 129 cm³/mol. The van der Waals surface area contributed by atoms with Crippen LogP contribution < -0.4 is 10.4 Å². The maximum atomic E-state index is 13.1. The fourth-order valence-corrected chi connectivity index (χ4v) is 3.57. The Balaban J connectivity index is 1.35. The number of pyridine rings is 1. The van der Waals surface area contributed by atoms with E-state index in [0.717, 1.165) is 38.5 Å². The molecule has 34 heavy (non-hydrogen) atoms. The molecule has 0 bridgehead atoms. The van der Waals surface area contributed by atoms with E-state index in [0.29, 0.717) is 35.6 Å². The van der Waals surface area contributed by atoms with Gasteiger partial charge in [-0.15, -0.1) is 0 Å². The van der Waals surface area contributed by atoms with Crippen LogP contribution in [0.5, 0.6) is 5.88 Å². The molecule has 2 aromatic heterocycles. The van der Waals surface area contributed by atoms with Crippen molar-refractivity contribution in [3.05, 3.63) is 71.4 Å². The van der Waals surface area contributed by atoms with Gasteiger partial charge in [-0.05, 0) is 42.7 Å². The van der Waals surface area contributed by atoms with Crippen LogP contribution in [0.25, 0.3) is 22.2 Å². The average Bonchev–Trinajstić information content (AvgIpc) is 2.84. The molecular formula is C27H30FNO5. The van der Waals surface area contributed by atoms with Gasteiger partial charge in [0.1, 0.15) is 5.82 Å². The quantitative estimate of drug-likeness (QED) is 0.159. The summed E-state index contributed by atoms with van der Waals surface area (Å²) in [6.07, 6.45) is 9.74. The molecule has 0 unspecified atom stereocenters. The number of aromatic nitrogens is 1. The molecule has 3 rings (SSSR count). The number of hydrogen-bond donors (Lipinski definition) is 0. The van der Waals surface area contributed by atoms with Crippen LogP contribution in [0.15, 0.2) is 64.3 Å². The smallest absolute Gasteiger partial charge is 0.345 e. The zero-order valence-electron chi connectivity index (χ0n) is 19.3. The van der Waals surface area contributed by atoms with Crippen molar-refractivity contribution >= 4 is 17.1 Å². The summed E-state index contributed by atoms with van der Waals surface area (Å²) in [5.74, 6) is -0.304. The van der Waals surface area contributed by atoms with Gasteiger partial charge in [0, 0.05) is 17.5 Å². The van der Waals surface area contributed by atoms with Crippen LogP contribution in [0.4, 0.5) is 4.39 Å². The highest BCUT2D eigenvalue weighted by atomic mass is 19.1. The lowest BCUT2D eigenvalue weighted by Crippen LogP contribution is -2.04. The lowest BCUT2D eigenvalue weighted by Gasteiger charge is -2.07. The predicted octanol–water partition coefficient (Wildman–Crippen LogP) is 6.22. The third-order valence-electron chi connectivity index (χ3n) is 5.43. The Kier molecular flexibility index (Phi) is 9.82. The first-order valence-corrected chi connectivity index (χ1v) is 11.7. The topological polar surface area (TPSA) is 78.6 Å². The third kappa shape index (κ3) is 7.83. The highest BCUT2D eigenvalue weighted by molar-refractivity contribution is 5.81. The first-order chi connectivity index (χ1) is 16.6. The van der Waals surface area contributed by atoms with Gasteiger partial charge in [-0.1, -0.05) is 57.2 Å². The molecule has 3 aromatic rings. The van der Waals surface area contributed by atoms with E-state index in [9.17, 15) is 14.0 Å². The van der Waals surface area contributed by atoms with Crippen molar-refractivity contribution in [3.8, 4) is 17.0 Å². The molecule has 0 saturated carbocycles. The SMILES string of the molecule is C=CC(=O)OCCCCCCCCCCOc1ccc2cc(-c3ccc(F)cc3)c(=O)oc2n1. The molecule has 0 saturated heterocycles. The molecule has 0 atom stereocenters. The first kappa shape index (κ1) is 25.1. The number of benzene rings is 1. The lowest BCUT2D eigenvalue weighted by molar-refractivity contribution is -0.137. The third-order valence-corrected chi connectivity index (χ3v) is 5.43. The molecule has 0 amide bonds. The van der Waals surface area contributed by atoms with E-state index >= 15 is 0 Å². The summed E-state index contributed by atoms with van der Waals surface area (Å²) in [5, 5.41) is 0.671. The van der Waals surface area contributed by atoms with E-state index in [1.165, 1.54) is 31.1 Å². The Hall–Kier alpha value is -3.48. The highest BCUT2D eigenvalue weighted by Crippen LogP contribution is 2.22. The van der Waals surface area contributed by atoms with Gasteiger partial charge < -0.3 is 13.9 Å². The van der Waals surface area contributed by atoms with E-state index < -0.39 is 5.63 Å². The van der Waals surface area contributed by atoms with E-state index in [1.807, 2.05) is 0 Å². The number of esters is 1. The minimum Gasteiger partial charge on any atom is -0.478 e. The molecule has 0 radical (unpaired) electrons. The molecule has 180 valence electrons. The van der Waals surface area contributed by atoms with Crippen molar-refractivity contribution in [3.63, 3.8) is 0 Å². The van der Waals surface area contributed by atoms with Crippen molar-refractivity contribution in [1.29, 1.82) is 0 Å². The molecule has 7 heteroatoms. The summed E-state index contributed by atoms with van der Waals surface area (Å²) in [4.78, 5) is 27.6. The van der Waals surface area contributed by atoms with Crippen LogP contribution in [0.1, 0.15) is 51.4 Å². The average molecular weight is 468 g/mol. The minimum absolute atomic E-state index is 0.215. The van der Waals surface area contributed by atoms with Gasteiger partial charge in [-0.25, -0.2) is 14.0 Å². The monoisotopic (exact) mass is 467 g/mol. The van der Waals surface area contributed by atoms with Crippen LogP contribution in [-0.4, -0.2) is 24.2 Å². The van der Waals surface area contributed by atoms with Crippen molar-refractivity contribution < 1.29 is 23.1 Å². The van der Waals surface area contributed by atoms with E-state index in [-0.39, 0.29) is 17.5 Å². The van der Waals surface area contributed by atoms with Crippen molar-refractivity contribution in [2.24, 2.45) is 0 Å². The summed E-state index contributed by atoms with van der Waals surface area (Å²) < 4.78 is 29.2. The van der Waals surface area contributed by atoms with Crippen molar-refractivity contribution in [2.45, 2.75) is 51.4 Å². The van der Waals surface area contributed by atoms with Gasteiger partial charge in [0.2, 0.25) is 11.6 Å². The molecule has 2 heterocycles. The standard InChI is InChI=1S/C27H30FNO5/c1-2-25(30)33-18-10-8-6-4-3-5-7-9-17-32-24-16-13-21-19-23(27(31)34-26(21)29-24)20-11-14-22(28)15-12-20/h2,11-16,19H,1,3-10,17-18H2.